The van der Waals surface area contributed by atoms with Gasteiger partial charge in [0.1, 0.15) is 12.4 Å². The third kappa shape index (κ3) is 6.05. The number of nitrogens with zero attached hydrogens (tertiary/aromatic N) is 3. The molecule has 0 radical (unpaired) electrons. The highest BCUT2D eigenvalue weighted by atomic mass is 19.1. The molecular formula is C27H31FN6O4. The van der Waals surface area contributed by atoms with Crippen LogP contribution in [0.4, 0.5) is 21.7 Å². The summed E-state index contributed by atoms with van der Waals surface area (Å²) in [6, 6.07) is 8.87. The molecule has 1 aliphatic heterocycles. The van der Waals surface area contributed by atoms with Gasteiger partial charge in [0.2, 0.25) is 5.95 Å². The van der Waals surface area contributed by atoms with Crippen LogP contribution in [0.1, 0.15) is 29.8 Å². The van der Waals surface area contributed by atoms with Crippen molar-refractivity contribution in [3.63, 3.8) is 0 Å². The molecule has 3 aromatic rings. The highest BCUT2D eigenvalue weighted by Gasteiger charge is 2.19. The van der Waals surface area contributed by atoms with Gasteiger partial charge in [-0.05, 0) is 38.1 Å². The first kappa shape index (κ1) is 26.5. The molecule has 0 fully saturated rings. The zero-order valence-electron chi connectivity index (χ0n) is 22.0. The zero-order valence-corrected chi connectivity index (χ0v) is 22.0. The maximum Gasteiger partial charge on any atom is 0.251 e. The molecule has 2 heterocycles. The Hall–Kier alpha value is -4.54. The van der Waals surface area contributed by atoms with Gasteiger partial charge in [-0.1, -0.05) is 0 Å². The molecule has 200 valence electrons. The highest BCUT2D eigenvalue weighted by Crippen LogP contribution is 2.33. The summed E-state index contributed by atoms with van der Waals surface area (Å²) < 4.78 is 31.0. The number of hydrogen-bond acceptors (Lipinski definition) is 9. The Labute approximate surface area is 220 Å². The molecule has 38 heavy (non-hydrogen) atoms. The smallest absolute Gasteiger partial charge is 0.251 e. The molecule has 1 aromatic heterocycles. The summed E-state index contributed by atoms with van der Waals surface area (Å²) in [5, 5.41) is 9.06. The lowest BCUT2D eigenvalue weighted by atomic mass is 10.1. The van der Waals surface area contributed by atoms with Crippen molar-refractivity contribution < 1.29 is 23.4 Å². The lowest BCUT2D eigenvalue weighted by molar-refractivity contribution is 0.0962. The van der Waals surface area contributed by atoms with Crippen molar-refractivity contribution in [2.45, 2.75) is 26.5 Å². The van der Waals surface area contributed by atoms with E-state index in [0.717, 1.165) is 23.6 Å². The number of carbonyl (C=O) groups excluding carboxylic acids is 1. The topological polar surface area (TPSA) is 110 Å². The Bertz CT molecular complexity index is 1330. The molecule has 4 rings (SSSR count). The first-order valence-electron chi connectivity index (χ1n) is 12.0. The minimum absolute atomic E-state index is 0.0421. The molecule has 0 bridgehead atoms. The van der Waals surface area contributed by atoms with Crippen LogP contribution in [0.5, 0.6) is 17.2 Å². The number of rotatable bonds is 9. The highest BCUT2D eigenvalue weighted by molar-refractivity contribution is 5.94. The third-order valence-electron chi connectivity index (χ3n) is 5.89. The molecular weight excluding hydrogens is 491 g/mol. The van der Waals surface area contributed by atoms with Crippen molar-refractivity contribution in [2.24, 2.45) is 0 Å². The summed E-state index contributed by atoms with van der Waals surface area (Å²) in [6.45, 7) is 4.84. The van der Waals surface area contributed by atoms with E-state index in [9.17, 15) is 9.18 Å². The lowest BCUT2D eigenvalue weighted by Crippen LogP contribution is -2.41. The molecule has 2 aromatic carbocycles. The predicted molar refractivity (Wildman–Crippen MR) is 143 cm³/mol. The number of hydrogen-bond donors (Lipinski definition) is 3. The SMILES string of the molecule is CNC(=O)c1cc(COc2cnc(Nc3ccc(N4C=C(C)N[C@@H](C)C4)c(OC)c3)nc2)c(F)c(OC)c1. The van der Waals surface area contributed by atoms with Gasteiger partial charge in [-0.25, -0.2) is 14.4 Å². The molecule has 0 saturated heterocycles. The van der Waals surface area contributed by atoms with Crippen molar-refractivity contribution in [1.29, 1.82) is 0 Å². The summed E-state index contributed by atoms with van der Waals surface area (Å²) >= 11 is 0. The van der Waals surface area contributed by atoms with Crippen molar-refractivity contribution in [1.82, 2.24) is 20.6 Å². The van der Waals surface area contributed by atoms with Gasteiger partial charge in [-0.2, -0.15) is 0 Å². The number of ether oxygens (including phenoxy) is 3. The fourth-order valence-corrected chi connectivity index (χ4v) is 4.14. The molecule has 1 amide bonds. The predicted octanol–water partition coefficient (Wildman–Crippen LogP) is 3.97. The van der Waals surface area contributed by atoms with Crippen LogP contribution in [-0.2, 0) is 6.61 Å². The lowest BCUT2D eigenvalue weighted by Gasteiger charge is -2.32. The van der Waals surface area contributed by atoms with Crippen LogP contribution >= 0.6 is 0 Å². The minimum Gasteiger partial charge on any atom is -0.494 e. The number of nitrogens with one attached hydrogen (secondary N) is 3. The van der Waals surface area contributed by atoms with E-state index >= 15 is 0 Å². The molecule has 10 nitrogen and oxygen atoms in total. The van der Waals surface area contributed by atoms with Gasteiger partial charge in [-0.3, -0.25) is 4.79 Å². The van der Waals surface area contributed by atoms with Crippen LogP contribution in [0.15, 0.2) is 54.6 Å². The molecule has 1 aliphatic rings. The van der Waals surface area contributed by atoms with E-state index in [-0.39, 0.29) is 29.4 Å². The maximum atomic E-state index is 14.7. The summed E-state index contributed by atoms with van der Waals surface area (Å²) in [4.78, 5) is 22.7. The second kappa shape index (κ2) is 11.7. The monoisotopic (exact) mass is 522 g/mol. The van der Waals surface area contributed by atoms with Gasteiger partial charge in [0.05, 0.1) is 32.3 Å². The zero-order chi connectivity index (χ0) is 27.2. The van der Waals surface area contributed by atoms with Crippen LogP contribution < -0.4 is 35.1 Å². The van der Waals surface area contributed by atoms with Crippen molar-refractivity contribution in [2.75, 3.05) is 38.0 Å². The Morgan fingerprint density at radius 1 is 1.16 bits per heavy atom. The average molecular weight is 523 g/mol. The number of benzene rings is 2. The molecule has 0 saturated carbocycles. The van der Waals surface area contributed by atoms with E-state index in [4.69, 9.17) is 14.2 Å². The Morgan fingerprint density at radius 2 is 1.89 bits per heavy atom. The molecule has 0 aliphatic carbocycles. The fraction of sp³-hybridized carbons (Fsp3) is 0.296. The normalized spacial score (nSPS) is 14.7. The number of carbonyl (C=O) groups is 1. The van der Waals surface area contributed by atoms with Gasteiger partial charge in [0.25, 0.3) is 5.91 Å². The number of allylic oxidation sites excluding steroid dienone is 1. The largest absolute Gasteiger partial charge is 0.494 e. The first-order valence-corrected chi connectivity index (χ1v) is 12.0. The Balaban J connectivity index is 1.44. The van der Waals surface area contributed by atoms with E-state index in [1.165, 1.54) is 38.7 Å². The Kier molecular flexibility index (Phi) is 8.15. The van der Waals surface area contributed by atoms with Crippen molar-refractivity contribution in [3.05, 3.63) is 71.6 Å². The number of methoxy groups -OCH3 is 2. The minimum atomic E-state index is -0.599. The second-order valence-corrected chi connectivity index (χ2v) is 8.78. The van der Waals surface area contributed by atoms with Gasteiger partial charge >= 0.3 is 0 Å². The van der Waals surface area contributed by atoms with Gasteiger partial charge < -0.3 is 35.1 Å². The fourth-order valence-electron chi connectivity index (χ4n) is 4.14. The van der Waals surface area contributed by atoms with Crippen LogP contribution in [0.3, 0.4) is 0 Å². The van der Waals surface area contributed by atoms with E-state index in [1.54, 1.807) is 7.11 Å². The molecule has 3 N–H and O–H groups in total. The average Bonchev–Trinajstić information content (AvgIpc) is 2.92. The van der Waals surface area contributed by atoms with E-state index < -0.39 is 5.82 Å². The van der Waals surface area contributed by atoms with Gasteiger partial charge in [-0.15, -0.1) is 0 Å². The molecule has 0 unspecified atom stereocenters. The van der Waals surface area contributed by atoms with Crippen molar-refractivity contribution in [3.8, 4) is 17.2 Å². The van der Waals surface area contributed by atoms with E-state index in [2.05, 4.69) is 43.9 Å². The van der Waals surface area contributed by atoms with Crippen molar-refractivity contribution >= 4 is 23.2 Å². The second-order valence-electron chi connectivity index (χ2n) is 8.78. The summed E-state index contributed by atoms with van der Waals surface area (Å²) in [6.07, 6.45) is 5.02. The van der Waals surface area contributed by atoms with E-state index in [0.29, 0.717) is 23.5 Å². The van der Waals surface area contributed by atoms with Crippen LogP contribution in [0.25, 0.3) is 0 Å². The van der Waals surface area contributed by atoms with Crippen LogP contribution in [0.2, 0.25) is 0 Å². The standard InChI is InChI=1S/C27H31FN6O4/c1-16-13-34(14-17(2)32-16)22-7-6-20(10-23(22)36-4)33-27-30-11-21(12-31-27)38-15-19-8-18(26(35)29-3)9-24(37-5)25(19)28/h6-13,17,32H,14-15H2,1-5H3,(H,29,35)(H,30,31,33)/t17-/m0/s1. The quantitative estimate of drug-likeness (QED) is 0.384. The number of amides is 1. The number of halogens is 1. The van der Waals surface area contributed by atoms with E-state index in [1.807, 2.05) is 25.1 Å². The van der Waals surface area contributed by atoms with Gasteiger partial charge in [0, 0.05) is 54.4 Å². The maximum absolute atomic E-state index is 14.7. The Morgan fingerprint density at radius 3 is 2.55 bits per heavy atom. The summed E-state index contributed by atoms with van der Waals surface area (Å²) in [5.41, 5.74) is 3.23. The van der Waals surface area contributed by atoms with Crippen LogP contribution in [0, 0.1) is 5.82 Å². The first-order chi connectivity index (χ1) is 18.3. The summed E-state index contributed by atoms with van der Waals surface area (Å²) in [7, 11) is 4.47. The number of aromatic nitrogens is 2. The molecule has 1 atom stereocenters. The van der Waals surface area contributed by atoms with Crippen LogP contribution in [-0.4, -0.2) is 49.7 Å². The number of anilines is 3. The third-order valence-corrected chi connectivity index (χ3v) is 5.89. The molecule has 11 heteroatoms. The summed E-state index contributed by atoms with van der Waals surface area (Å²) in [5.74, 6) is 0.402. The molecule has 0 spiro atoms. The van der Waals surface area contributed by atoms with Gasteiger partial charge in [0.15, 0.2) is 17.3 Å².